The van der Waals surface area contributed by atoms with E-state index in [4.69, 9.17) is 4.98 Å². The van der Waals surface area contributed by atoms with Gasteiger partial charge in [-0.25, -0.2) is 4.98 Å². The highest BCUT2D eigenvalue weighted by Gasteiger charge is 2.33. The summed E-state index contributed by atoms with van der Waals surface area (Å²) in [6, 6.07) is 8.34. The quantitative estimate of drug-likeness (QED) is 0.876. The summed E-state index contributed by atoms with van der Waals surface area (Å²) in [7, 11) is 1.88. The molecule has 1 aliphatic heterocycles. The number of carbonyl (C=O) groups excluding carboxylic acids is 1. The van der Waals surface area contributed by atoms with E-state index in [1.54, 1.807) is 0 Å². The lowest BCUT2D eigenvalue weighted by atomic mass is 10.2. The maximum absolute atomic E-state index is 12.5. The van der Waals surface area contributed by atoms with Gasteiger partial charge < -0.3 is 14.8 Å². The van der Waals surface area contributed by atoms with Crippen LogP contribution in [0, 0.1) is 0 Å². The van der Waals surface area contributed by atoms with E-state index < -0.39 is 0 Å². The Morgan fingerprint density at radius 3 is 2.79 bits per heavy atom. The highest BCUT2D eigenvalue weighted by molar-refractivity contribution is 5.85. The monoisotopic (exact) mass is 372 g/mol. The Kier molecular flexibility index (Phi) is 8.00. The van der Waals surface area contributed by atoms with Crippen molar-refractivity contribution in [2.75, 3.05) is 20.1 Å². The third kappa shape index (κ3) is 3.85. The van der Waals surface area contributed by atoms with Crippen LogP contribution in [0.15, 0.2) is 24.3 Å². The van der Waals surface area contributed by atoms with E-state index >= 15 is 0 Å². The molecule has 1 aliphatic rings. The van der Waals surface area contributed by atoms with Gasteiger partial charge in [0.25, 0.3) is 0 Å². The zero-order valence-electron chi connectivity index (χ0n) is 14.2. The number of likely N-dealkylation sites (tertiary alicyclic amines) is 1. The first-order valence-corrected chi connectivity index (χ1v) is 8.15. The number of amides is 1. The zero-order valence-corrected chi connectivity index (χ0v) is 15.8. The van der Waals surface area contributed by atoms with Crippen LogP contribution in [0.2, 0.25) is 0 Å². The number of halogens is 2. The Hall–Kier alpha value is -1.30. The number of nitrogens with zero attached hydrogens (tertiary/aromatic N) is 3. The Bertz CT molecular complexity index is 674. The molecule has 1 amide bonds. The second-order valence-corrected chi connectivity index (χ2v) is 5.80. The number of aryl methyl sites for hydroxylation is 1. The molecule has 2 heterocycles. The summed E-state index contributed by atoms with van der Waals surface area (Å²) in [5.41, 5.74) is 2.18. The van der Waals surface area contributed by atoms with Gasteiger partial charge in [0.1, 0.15) is 5.82 Å². The van der Waals surface area contributed by atoms with Gasteiger partial charge in [0, 0.05) is 26.1 Å². The van der Waals surface area contributed by atoms with Gasteiger partial charge in [0.2, 0.25) is 5.91 Å². The smallest absolute Gasteiger partial charge is 0.224 e. The standard InChI is InChI=1S/C17H24N4O.2ClH/c1-3-20-14-8-5-4-7-13(14)19-17(20)15-9-6-12-21(15)16(22)10-11-18-2;;/h4-5,7-8,15,18H,3,6,9-12H2,1-2H3;2*1H. The number of para-hydroxylation sites is 2. The molecule has 3 rings (SSSR count). The third-order valence-corrected chi connectivity index (χ3v) is 4.46. The molecule has 2 aromatic rings. The Labute approximate surface area is 155 Å². The van der Waals surface area contributed by atoms with Gasteiger partial charge in [-0.2, -0.15) is 0 Å². The molecule has 0 spiro atoms. The van der Waals surface area contributed by atoms with E-state index in [9.17, 15) is 4.79 Å². The minimum atomic E-state index is 0. The van der Waals surface area contributed by atoms with E-state index in [1.165, 1.54) is 0 Å². The molecule has 1 aromatic heterocycles. The molecule has 7 heteroatoms. The highest BCUT2D eigenvalue weighted by atomic mass is 35.5. The van der Waals surface area contributed by atoms with Crippen molar-refractivity contribution in [3.8, 4) is 0 Å². The van der Waals surface area contributed by atoms with Crippen LogP contribution in [-0.4, -0.2) is 40.5 Å². The molecule has 134 valence electrons. The Balaban J connectivity index is 0.00000144. The first kappa shape index (κ1) is 20.7. The summed E-state index contributed by atoms with van der Waals surface area (Å²) in [5, 5.41) is 3.05. The van der Waals surface area contributed by atoms with Crippen LogP contribution >= 0.6 is 24.8 Å². The number of imidazole rings is 1. The largest absolute Gasteiger partial charge is 0.332 e. The normalized spacial score (nSPS) is 16.8. The number of fused-ring (bicyclic) bond motifs is 1. The fraction of sp³-hybridized carbons (Fsp3) is 0.529. The first-order valence-electron chi connectivity index (χ1n) is 8.15. The van der Waals surface area contributed by atoms with E-state index in [0.717, 1.165) is 49.3 Å². The maximum Gasteiger partial charge on any atom is 0.224 e. The average molecular weight is 373 g/mol. The fourth-order valence-electron chi connectivity index (χ4n) is 3.39. The summed E-state index contributed by atoms with van der Waals surface area (Å²) in [6.07, 6.45) is 2.62. The van der Waals surface area contributed by atoms with Crippen molar-refractivity contribution in [2.45, 2.75) is 38.8 Å². The SMILES string of the molecule is CCn1c(C2CCCN2C(=O)CCNC)nc2ccccc21.Cl.Cl. The molecule has 1 fully saturated rings. The molecule has 24 heavy (non-hydrogen) atoms. The minimum absolute atomic E-state index is 0. The van der Waals surface area contributed by atoms with E-state index in [1.807, 2.05) is 30.1 Å². The first-order chi connectivity index (χ1) is 10.8. The third-order valence-electron chi connectivity index (χ3n) is 4.46. The summed E-state index contributed by atoms with van der Waals surface area (Å²) >= 11 is 0. The predicted molar refractivity (Wildman–Crippen MR) is 102 cm³/mol. The fourth-order valence-corrected chi connectivity index (χ4v) is 3.39. The summed E-state index contributed by atoms with van der Waals surface area (Å²) < 4.78 is 2.25. The van der Waals surface area contributed by atoms with Crippen molar-refractivity contribution in [3.63, 3.8) is 0 Å². The van der Waals surface area contributed by atoms with Crippen molar-refractivity contribution in [3.05, 3.63) is 30.1 Å². The lowest BCUT2D eigenvalue weighted by molar-refractivity contribution is -0.132. The van der Waals surface area contributed by atoms with Crippen molar-refractivity contribution < 1.29 is 4.79 Å². The van der Waals surface area contributed by atoms with Gasteiger partial charge in [-0.05, 0) is 38.9 Å². The van der Waals surface area contributed by atoms with Gasteiger partial charge in [-0.1, -0.05) is 12.1 Å². The Morgan fingerprint density at radius 1 is 1.33 bits per heavy atom. The lowest BCUT2D eigenvalue weighted by Crippen LogP contribution is -2.33. The molecule has 5 nitrogen and oxygen atoms in total. The lowest BCUT2D eigenvalue weighted by Gasteiger charge is -2.25. The van der Waals surface area contributed by atoms with E-state index in [2.05, 4.69) is 22.9 Å². The minimum Gasteiger partial charge on any atom is -0.332 e. The second kappa shape index (κ2) is 9.25. The van der Waals surface area contributed by atoms with E-state index in [0.29, 0.717) is 6.42 Å². The van der Waals surface area contributed by atoms with Crippen LogP contribution in [0.25, 0.3) is 11.0 Å². The molecule has 1 aromatic carbocycles. The maximum atomic E-state index is 12.5. The van der Waals surface area contributed by atoms with Crippen LogP contribution in [0.1, 0.15) is 38.1 Å². The second-order valence-electron chi connectivity index (χ2n) is 5.80. The molecular weight excluding hydrogens is 347 g/mol. The molecule has 0 radical (unpaired) electrons. The average Bonchev–Trinajstić information content (AvgIpc) is 3.15. The van der Waals surface area contributed by atoms with Gasteiger partial charge in [0.15, 0.2) is 0 Å². The van der Waals surface area contributed by atoms with Crippen molar-refractivity contribution in [2.24, 2.45) is 0 Å². The number of hydrogen-bond donors (Lipinski definition) is 1. The molecule has 1 unspecified atom stereocenters. The van der Waals surface area contributed by atoms with Crippen molar-refractivity contribution in [1.82, 2.24) is 19.8 Å². The highest BCUT2D eigenvalue weighted by Crippen LogP contribution is 2.33. The van der Waals surface area contributed by atoms with Crippen molar-refractivity contribution in [1.29, 1.82) is 0 Å². The van der Waals surface area contributed by atoms with Crippen molar-refractivity contribution >= 4 is 41.8 Å². The van der Waals surface area contributed by atoms with Gasteiger partial charge in [0.05, 0.1) is 17.1 Å². The molecule has 0 bridgehead atoms. The number of benzene rings is 1. The van der Waals surface area contributed by atoms with Gasteiger partial charge in [-0.3, -0.25) is 4.79 Å². The van der Waals surface area contributed by atoms with Crippen LogP contribution in [0.5, 0.6) is 0 Å². The predicted octanol–water partition coefficient (Wildman–Crippen LogP) is 3.17. The van der Waals surface area contributed by atoms with Crippen LogP contribution in [-0.2, 0) is 11.3 Å². The summed E-state index contributed by atoms with van der Waals surface area (Å²) in [6.45, 7) is 4.59. The number of rotatable bonds is 5. The van der Waals surface area contributed by atoms with Gasteiger partial charge >= 0.3 is 0 Å². The Morgan fingerprint density at radius 2 is 2.08 bits per heavy atom. The molecule has 1 N–H and O–H groups in total. The van der Waals surface area contributed by atoms with Gasteiger partial charge in [-0.15, -0.1) is 24.8 Å². The molecule has 1 saturated heterocycles. The summed E-state index contributed by atoms with van der Waals surface area (Å²) in [5.74, 6) is 1.27. The number of carbonyl (C=O) groups is 1. The molecule has 1 atom stereocenters. The topological polar surface area (TPSA) is 50.2 Å². The van der Waals surface area contributed by atoms with Crippen LogP contribution in [0.4, 0.5) is 0 Å². The number of hydrogen-bond acceptors (Lipinski definition) is 3. The number of aromatic nitrogens is 2. The molecule has 0 saturated carbocycles. The van der Waals surface area contributed by atoms with E-state index in [-0.39, 0.29) is 36.8 Å². The molecular formula is C17H26Cl2N4O. The van der Waals surface area contributed by atoms with Crippen LogP contribution < -0.4 is 5.32 Å². The molecule has 0 aliphatic carbocycles. The zero-order chi connectivity index (χ0) is 15.5. The van der Waals surface area contributed by atoms with Crippen LogP contribution in [0.3, 0.4) is 0 Å². The summed E-state index contributed by atoms with van der Waals surface area (Å²) in [4.78, 5) is 19.3. The number of nitrogens with one attached hydrogen (secondary N) is 1.